The Bertz CT molecular complexity index is 1000. The van der Waals surface area contributed by atoms with Crippen molar-refractivity contribution in [1.82, 2.24) is 4.90 Å². The van der Waals surface area contributed by atoms with Crippen LogP contribution < -0.4 is 9.64 Å². The second-order valence-electron chi connectivity index (χ2n) is 8.09. The highest BCUT2D eigenvalue weighted by atomic mass is 32.2. The molecule has 1 saturated heterocycles. The summed E-state index contributed by atoms with van der Waals surface area (Å²) >= 11 is 0. The summed E-state index contributed by atoms with van der Waals surface area (Å²) in [6.45, 7) is 1.45. The normalized spacial score (nSPS) is 20.2. The average Bonchev–Trinajstić information content (AvgIpc) is 3.13. The second-order valence-corrected chi connectivity index (χ2v) is 10.3. The molecule has 1 fully saturated rings. The van der Waals surface area contributed by atoms with E-state index in [-0.39, 0.29) is 30.0 Å². The van der Waals surface area contributed by atoms with Gasteiger partial charge in [-0.2, -0.15) is 0 Å². The fourth-order valence-electron chi connectivity index (χ4n) is 4.39. The monoisotopic (exact) mass is 428 g/mol. The third-order valence-corrected chi connectivity index (χ3v) is 7.77. The zero-order valence-electron chi connectivity index (χ0n) is 17.3. The summed E-state index contributed by atoms with van der Waals surface area (Å²) in [6.07, 6.45) is 2.50. The predicted octanol–water partition coefficient (Wildman–Crippen LogP) is 2.66. The molecule has 0 spiro atoms. The Morgan fingerprint density at radius 3 is 2.63 bits per heavy atom. The van der Waals surface area contributed by atoms with Gasteiger partial charge in [-0.1, -0.05) is 30.3 Å². The van der Waals surface area contributed by atoms with Crippen LogP contribution in [0.3, 0.4) is 0 Å². The second kappa shape index (κ2) is 8.78. The van der Waals surface area contributed by atoms with E-state index in [9.17, 15) is 13.2 Å². The number of sulfone groups is 1. The van der Waals surface area contributed by atoms with E-state index in [1.54, 1.807) is 7.11 Å². The minimum absolute atomic E-state index is 0.0277. The van der Waals surface area contributed by atoms with Gasteiger partial charge in [-0.15, -0.1) is 0 Å². The quantitative estimate of drug-likeness (QED) is 0.708. The predicted molar refractivity (Wildman–Crippen MR) is 118 cm³/mol. The number of carbonyl (C=O) groups excluding carboxylic acids is 1. The van der Waals surface area contributed by atoms with Gasteiger partial charge in [0.25, 0.3) is 0 Å². The zero-order valence-corrected chi connectivity index (χ0v) is 18.1. The molecule has 7 heteroatoms. The number of nitrogens with zero attached hydrogens (tertiary/aromatic N) is 2. The van der Waals surface area contributed by atoms with Crippen molar-refractivity contribution in [1.29, 1.82) is 0 Å². The maximum absolute atomic E-state index is 13.3. The van der Waals surface area contributed by atoms with Gasteiger partial charge in [-0.3, -0.25) is 9.69 Å². The van der Waals surface area contributed by atoms with Crippen LogP contribution in [0.15, 0.2) is 48.5 Å². The summed E-state index contributed by atoms with van der Waals surface area (Å²) in [7, 11) is -1.41. The van der Waals surface area contributed by atoms with Crippen LogP contribution in [-0.2, 0) is 27.6 Å². The van der Waals surface area contributed by atoms with Crippen LogP contribution >= 0.6 is 0 Å². The van der Waals surface area contributed by atoms with Crippen molar-refractivity contribution < 1.29 is 17.9 Å². The summed E-state index contributed by atoms with van der Waals surface area (Å²) < 4.78 is 29.4. The van der Waals surface area contributed by atoms with Crippen molar-refractivity contribution in [2.45, 2.75) is 31.8 Å². The molecule has 2 aromatic rings. The van der Waals surface area contributed by atoms with Crippen LogP contribution in [0.25, 0.3) is 0 Å². The molecule has 2 aliphatic rings. The lowest BCUT2D eigenvalue weighted by Crippen LogP contribution is -2.46. The van der Waals surface area contributed by atoms with Gasteiger partial charge in [0.1, 0.15) is 5.75 Å². The third-order valence-electron chi connectivity index (χ3n) is 6.02. The Balaban J connectivity index is 1.54. The van der Waals surface area contributed by atoms with Gasteiger partial charge in [0, 0.05) is 24.8 Å². The fraction of sp³-hybridized carbons (Fsp3) is 0.435. The average molecular weight is 429 g/mol. The van der Waals surface area contributed by atoms with Crippen LogP contribution in [0, 0.1) is 0 Å². The molecule has 0 saturated carbocycles. The number of para-hydroxylation sites is 1. The van der Waals surface area contributed by atoms with Gasteiger partial charge < -0.3 is 9.64 Å². The molecule has 1 unspecified atom stereocenters. The summed E-state index contributed by atoms with van der Waals surface area (Å²) in [5.41, 5.74) is 3.21. The molecule has 0 aliphatic carbocycles. The molecule has 0 bridgehead atoms. The molecule has 0 aromatic heterocycles. The third kappa shape index (κ3) is 4.68. The van der Waals surface area contributed by atoms with E-state index < -0.39 is 9.84 Å². The Morgan fingerprint density at radius 1 is 1.17 bits per heavy atom. The zero-order chi connectivity index (χ0) is 21.1. The SMILES string of the molecule is COc1ccc(CN(CC(=O)N2CCCc3ccccc32)C2CCS(=O)(=O)C2)cc1. The number of rotatable bonds is 6. The van der Waals surface area contributed by atoms with Gasteiger partial charge >= 0.3 is 0 Å². The fourth-order valence-corrected chi connectivity index (χ4v) is 6.16. The molecule has 4 rings (SSSR count). The van der Waals surface area contributed by atoms with Gasteiger partial charge in [-0.25, -0.2) is 8.42 Å². The standard InChI is InChI=1S/C23H28N2O4S/c1-29-21-10-8-18(9-11-21)15-24(20-12-14-30(27,28)17-20)16-23(26)25-13-4-6-19-5-2-3-7-22(19)25/h2-3,5,7-11,20H,4,6,12-17H2,1H3. The van der Waals surface area contributed by atoms with Crippen molar-refractivity contribution >= 4 is 21.4 Å². The Morgan fingerprint density at radius 2 is 1.93 bits per heavy atom. The van der Waals surface area contributed by atoms with Crippen LogP contribution in [-0.4, -0.2) is 57.0 Å². The molecular formula is C23H28N2O4S. The van der Waals surface area contributed by atoms with Crippen molar-refractivity contribution in [3.8, 4) is 5.75 Å². The number of hydrogen-bond donors (Lipinski definition) is 0. The number of benzene rings is 2. The first kappa shape index (κ1) is 20.9. The van der Waals surface area contributed by atoms with Gasteiger partial charge in [-0.05, 0) is 48.6 Å². The van der Waals surface area contributed by atoms with E-state index in [1.807, 2.05) is 52.3 Å². The van der Waals surface area contributed by atoms with Gasteiger partial charge in [0.05, 0.1) is 25.2 Å². The number of amides is 1. The Labute approximate surface area is 178 Å². The topological polar surface area (TPSA) is 66.9 Å². The van der Waals surface area contributed by atoms with Gasteiger partial charge in [0.15, 0.2) is 9.84 Å². The number of carbonyl (C=O) groups is 1. The number of ether oxygens (including phenoxy) is 1. The highest BCUT2D eigenvalue weighted by Crippen LogP contribution is 2.28. The molecule has 1 amide bonds. The summed E-state index contributed by atoms with van der Waals surface area (Å²) in [5.74, 6) is 1.11. The summed E-state index contributed by atoms with van der Waals surface area (Å²) in [4.78, 5) is 17.2. The van der Waals surface area contributed by atoms with E-state index in [0.717, 1.165) is 29.8 Å². The molecule has 1 atom stereocenters. The molecule has 0 radical (unpaired) electrons. The van der Waals surface area contributed by atoms with E-state index in [0.29, 0.717) is 19.5 Å². The lowest BCUT2D eigenvalue weighted by Gasteiger charge is -2.33. The molecule has 0 N–H and O–H groups in total. The molecule has 2 aliphatic heterocycles. The number of aryl methyl sites for hydroxylation is 1. The first-order valence-corrected chi connectivity index (χ1v) is 12.2. The van der Waals surface area contributed by atoms with E-state index in [4.69, 9.17) is 4.74 Å². The maximum Gasteiger partial charge on any atom is 0.241 e. The lowest BCUT2D eigenvalue weighted by molar-refractivity contribution is -0.120. The summed E-state index contributed by atoms with van der Waals surface area (Å²) in [6, 6.07) is 15.6. The first-order chi connectivity index (χ1) is 14.4. The summed E-state index contributed by atoms with van der Waals surface area (Å²) in [5, 5.41) is 0. The molecule has 2 heterocycles. The van der Waals surface area contributed by atoms with Crippen LogP contribution in [0.5, 0.6) is 5.75 Å². The molecule has 30 heavy (non-hydrogen) atoms. The van der Waals surface area contributed by atoms with E-state index >= 15 is 0 Å². The number of fused-ring (bicyclic) bond motifs is 1. The molecule has 6 nitrogen and oxygen atoms in total. The minimum atomic E-state index is -3.04. The lowest BCUT2D eigenvalue weighted by atomic mass is 10.0. The Hall–Kier alpha value is -2.38. The van der Waals surface area contributed by atoms with Crippen molar-refractivity contribution in [3.05, 3.63) is 59.7 Å². The van der Waals surface area contributed by atoms with E-state index in [2.05, 4.69) is 6.07 Å². The Kier molecular flexibility index (Phi) is 6.11. The number of hydrogen-bond acceptors (Lipinski definition) is 5. The van der Waals surface area contributed by atoms with E-state index in [1.165, 1.54) is 5.56 Å². The van der Waals surface area contributed by atoms with Crippen LogP contribution in [0.1, 0.15) is 24.0 Å². The number of methoxy groups -OCH3 is 1. The number of anilines is 1. The van der Waals surface area contributed by atoms with Crippen LogP contribution in [0.2, 0.25) is 0 Å². The first-order valence-electron chi connectivity index (χ1n) is 10.4. The van der Waals surface area contributed by atoms with Crippen molar-refractivity contribution in [2.75, 3.05) is 36.6 Å². The van der Waals surface area contributed by atoms with Gasteiger partial charge in [0.2, 0.25) is 5.91 Å². The largest absolute Gasteiger partial charge is 0.497 e. The van der Waals surface area contributed by atoms with Crippen molar-refractivity contribution in [2.24, 2.45) is 0 Å². The highest BCUT2D eigenvalue weighted by Gasteiger charge is 2.34. The minimum Gasteiger partial charge on any atom is -0.497 e. The maximum atomic E-state index is 13.3. The van der Waals surface area contributed by atoms with Crippen molar-refractivity contribution in [3.63, 3.8) is 0 Å². The van der Waals surface area contributed by atoms with Crippen LogP contribution in [0.4, 0.5) is 5.69 Å². The highest BCUT2D eigenvalue weighted by molar-refractivity contribution is 7.91. The smallest absolute Gasteiger partial charge is 0.241 e. The molecule has 2 aromatic carbocycles. The molecule has 160 valence electrons. The molecular weight excluding hydrogens is 400 g/mol.